The van der Waals surface area contributed by atoms with Gasteiger partial charge in [0.25, 0.3) is 0 Å². The number of imidazole rings is 1. The normalized spacial score (nSPS) is 11.5. The van der Waals surface area contributed by atoms with Crippen LogP contribution in [0.1, 0.15) is 16.8 Å². The number of hydrogen-bond donors (Lipinski definition) is 0. The van der Waals surface area contributed by atoms with Crippen LogP contribution in [-0.4, -0.2) is 15.6 Å². The number of thiazole rings is 1. The molecular weight excluding hydrogens is 433 g/mol. The van der Waals surface area contributed by atoms with E-state index in [0.717, 1.165) is 27.0 Å². The number of nitrogens with zero attached hydrogens (tertiary/aromatic N) is 3. The Morgan fingerprint density at radius 1 is 1.11 bits per heavy atom. The van der Waals surface area contributed by atoms with Crippen LogP contribution in [0.5, 0.6) is 0 Å². The number of oxime groups is 1. The molecule has 0 saturated carbocycles. The number of rotatable bonds is 7. The molecule has 0 aliphatic carbocycles. The van der Waals surface area contributed by atoms with Gasteiger partial charge in [0.1, 0.15) is 17.3 Å². The average molecular weight is 448 g/mol. The number of fused-ring (bicyclic) bond motifs is 1. The van der Waals surface area contributed by atoms with E-state index >= 15 is 0 Å². The topological polar surface area (TPSA) is 38.9 Å². The lowest BCUT2D eigenvalue weighted by molar-refractivity contribution is 0.132. The molecule has 0 N–H and O–H groups in total. The van der Waals surface area contributed by atoms with Gasteiger partial charge in [0.2, 0.25) is 0 Å². The Balaban J connectivity index is 1.46. The SMILES string of the molecule is Clc1ccc(CON=Cc2c(SCc3ccccc3)nc3sccn23)cc1Cl. The third kappa shape index (κ3) is 4.52. The van der Waals surface area contributed by atoms with E-state index in [9.17, 15) is 0 Å². The first-order valence-corrected chi connectivity index (χ1v) is 11.0. The molecule has 142 valence electrons. The van der Waals surface area contributed by atoms with E-state index in [1.165, 1.54) is 5.56 Å². The van der Waals surface area contributed by atoms with Gasteiger partial charge in [-0.25, -0.2) is 4.98 Å². The van der Waals surface area contributed by atoms with Crippen LogP contribution < -0.4 is 0 Å². The molecule has 0 spiro atoms. The Kier molecular flexibility index (Phi) is 6.22. The van der Waals surface area contributed by atoms with Crippen LogP contribution in [0.15, 0.2) is 70.3 Å². The Bertz CT molecular complexity index is 1110. The van der Waals surface area contributed by atoms with Gasteiger partial charge in [0.15, 0.2) is 4.96 Å². The summed E-state index contributed by atoms with van der Waals surface area (Å²) in [6, 6.07) is 15.7. The summed E-state index contributed by atoms with van der Waals surface area (Å²) < 4.78 is 2.02. The molecular formula is C20H15Cl2N3OS2. The van der Waals surface area contributed by atoms with E-state index in [0.29, 0.717) is 16.7 Å². The van der Waals surface area contributed by atoms with Crippen molar-refractivity contribution in [1.82, 2.24) is 9.38 Å². The van der Waals surface area contributed by atoms with Crippen molar-refractivity contribution in [2.45, 2.75) is 17.4 Å². The first kappa shape index (κ1) is 19.3. The van der Waals surface area contributed by atoms with Crippen molar-refractivity contribution < 1.29 is 4.84 Å². The molecule has 0 bridgehead atoms. The summed E-state index contributed by atoms with van der Waals surface area (Å²) in [5.74, 6) is 0.844. The first-order chi connectivity index (χ1) is 13.7. The van der Waals surface area contributed by atoms with Crippen LogP contribution >= 0.6 is 46.3 Å². The van der Waals surface area contributed by atoms with Crippen LogP contribution in [0.2, 0.25) is 10.0 Å². The molecule has 8 heteroatoms. The average Bonchev–Trinajstić information content (AvgIpc) is 3.29. The molecule has 2 heterocycles. The lowest BCUT2D eigenvalue weighted by Gasteiger charge is -2.03. The molecule has 0 fully saturated rings. The van der Waals surface area contributed by atoms with Crippen molar-refractivity contribution in [2.24, 2.45) is 5.16 Å². The maximum atomic E-state index is 6.03. The van der Waals surface area contributed by atoms with Gasteiger partial charge in [-0.3, -0.25) is 4.40 Å². The zero-order valence-corrected chi connectivity index (χ0v) is 17.7. The second kappa shape index (κ2) is 9.01. The molecule has 28 heavy (non-hydrogen) atoms. The minimum Gasteiger partial charge on any atom is -0.391 e. The zero-order valence-electron chi connectivity index (χ0n) is 14.6. The predicted molar refractivity (Wildman–Crippen MR) is 118 cm³/mol. The van der Waals surface area contributed by atoms with E-state index in [2.05, 4.69) is 17.3 Å². The summed E-state index contributed by atoms with van der Waals surface area (Å²) in [5.41, 5.74) is 3.06. The molecule has 0 amide bonds. The van der Waals surface area contributed by atoms with Crippen molar-refractivity contribution in [2.75, 3.05) is 0 Å². The van der Waals surface area contributed by atoms with Crippen molar-refractivity contribution in [3.63, 3.8) is 0 Å². The molecule has 4 aromatic rings. The highest BCUT2D eigenvalue weighted by atomic mass is 35.5. The number of halogens is 2. The van der Waals surface area contributed by atoms with E-state index in [1.54, 1.807) is 41.4 Å². The van der Waals surface area contributed by atoms with Gasteiger partial charge in [-0.1, -0.05) is 76.5 Å². The monoisotopic (exact) mass is 447 g/mol. The second-order valence-corrected chi connectivity index (χ2v) is 8.54. The Hall–Kier alpha value is -1.99. The Morgan fingerprint density at radius 2 is 1.96 bits per heavy atom. The summed E-state index contributed by atoms with van der Waals surface area (Å²) in [4.78, 5) is 11.1. The molecule has 0 aliphatic rings. The molecule has 4 rings (SSSR count). The van der Waals surface area contributed by atoms with E-state index in [1.807, 2.05) is 40.2 Å². The molecule has 0 saturated heterocycles. The van der Waals surface area contributed by atoms with Crippen LogP contribution in [0.25, 0.3) is 4.96 Å². The van der Waals surface area contributed by atoms with Crippen molar-refractivity contribution in [3.8, 4) is 0 Å². The molecule has 0 aliphatic heterocycles. The lowest BCUT2D eigenvalue weighted by Crippen LogP contribution is -1.93. The van der Waals surface area contributed by atoms with Crippen LogP contribution in [0.3, 0.4) is 0 Å². The zero-order chi connectivity index (χ0) is 19.3. The number of benzene rings is 2. The minimum atomic E-state index is 0.311. The van der Waals surface area contributed by atoms with Gasteiger partial charge in [0.05, 0.1) is 16.3 Å². The van der Waals surface area contributed by atoms with Crippen molar-refractivity contribution in [1.29, 1.82) is 0 Å². The maximum Gasteiger partial charge on any atom is 0.195 e. The van der Waals surface area contributed by atoms with Crippen LogP contribution in [0, 0.1) is 0 Å². The molecule has 0 atom stereocenters. The number of thioether (sulfide) groups is 1. The molecule has 4 nitrogen and oxygen atoms in total. The molecule has 0 radical (unpaired) electrons. The quantitative estimate of drug-likeness (QED) is 0.183. The summed E-state index contributed by atoms with van der Waals surface area (Å²) in [6.45, 7) is 0.311. The summed E-state index contributed by atoms with van der Waals surface area (Å²) >= 11 is 15.2. The predicted octanol–water partition coefficient (Wildman–Crippen LogP) is 6.55. The van der Waals surface area contributed by atoms with Gasteiger partial charge >= 0.3 is 0 Å². The van der Waals surface area contributed by atoms with Crippen molar-refractivity contribution in [3.05, 3.63) is 87.0 Å². The Morgan fingerprint density at radius 3 is 2.79 bits per heavy atom. The maximum absolute atomic E-state index is 6.03. The molecule has 2 aromatic heterocycles. The highest BCUT2D eigenvalue weighted by Gasteiger charge is 2.12. The number of hydrogen-bond acceptors (Lipinski definition) is 5. The van der Waals surface area contributed by atoms with E-state index in [-0.39, 0.29) is 0 Å². The Labute approximate surface area is 180 Å². The van der Waals surface area contributed by atoms with E-state index in [4.69, 9.17) is 33.0 Å². The number of aromatic nitrogens is 2. The second-order valence-electron chi connectivity index (χ2n) is 5.89. The fraction of sp³-hybridized carbons (Fsp3) is 0.100. The van der Waals surface area contributed by atoms with Gasteiger partial charge < -0.3 is 4.84 Å². The largest absolute Gasteiger partial charge is 0.391 e. The highest BCUT2D eigenvalue weighted by molar-refractivity contribution is 7.98. The smallest absolute Gasteiger partial charge is 0.195 e. The summed E-state index contributed by atoms with van der Waals surface area (Å²) in [5, 5.41) is 8.09. The van der Waals surface area contributed by atoms with Crippen LogP contribution in [0.4, 0.5) is 0 Å². The van der Waals surface area contributed by atoms with Gasteiger partial charge in [-0.05, 0) is 23.3 Å². The van der Waals surface area contributed by atoms with Gasteiger partial charge in [0, 0.05) is 17.3 Å². The lowest BCUT2D eigenvalue weighted by atomic mass is 10.2. The third-order valence-electron chi connectivity index (χ3n) is 3.95. The van der Waals surface area contributed by atoms with E-state index < -0.39 is 0 Å². The molecule has 2 aromatic carbocycles. The molecule has 0 unspecified atom stereocenters. The minimum absolute atomic E-state index is 0.311. The fourth-order valence-electron chi connectivity index (χ4n) is 2.56. The highest BCUT2D eigenvalue weighted by Crippen LogP contribution is 2.28. The van der Waals surface area contributed by atoms with Crippen LogP contribution in [-0.2, 0) is 17.2 Å². The van der Waals surface area contributed by atoms with Crippen molar-refractivity contribution >= 4 is 57.5 Å². The summed E-state index contributed by atoms with van der Waals surface area (Å²) in [7, 11) is 0. The fourth-order valence-corrected chi connectivity index (χ4v) is 4.61. The van der Waals surface area contributed by atoms with Gasteiger partial charge in [-0.2, -0.15) is 0 Å². The summed E-state index contributed by atoms with van der Waals surface area (Å²) in [6.07, 6.45) is 3.69. The standard InChI is InChI=1S/C20H15Cl2N3OS2/c21-16-7-6-15(10-17(16)22)12-26-23-11-18-19(24-20-25(18)8-9-27-20)28-13-14-4-2-1-3-5-14/h1-11H,12-13H2. The third-order valence-corrected chi connectivity index (χ3v) is 6.50. The first-order valence-electron chi connectivity index (χ1n) is 8.42. The van der Waals surface area contributed by atoms with Gasteiger partial charge in [-0.15, -0.1) is 11.3 Å².